The molecule has 1 aromatic carbocycles. The first-order valence-corrected chi connectivity index (χ1v) is 6.62. The van der Waals surface area contributed by atoms with Crippen LogP contribution in [-0.2, 0) is 13.1 Å². The van der Waals surface area contributed by atoms with Crippen LogP contribution in [0.4, 0.5) is 0 Å². The van der Waals surface area contributed by atoms with E-state index in [0.29, 0.717) is 16.6 Å². The van der Waals surface area contributed by atoms with Gasteiger partial charge in [-0.25, -0.2) is 0 Å². The SMILES string of the molecule is CCNCc1ccn(Cc2cccc(Cl)c2Cl)n1. The molecule has 0 aliphatic heterocycles. The first-order chi connectivity index (χ1) is 8.70. The molecule has 0 aliphatic rings. The molecule has 0 saturated carbocycles. The van der Waals surface area contributed by atoms with Gasteiger partial charge in [0, 0.05) is 12.7 Å². The van der Waals surface area contributed by atoms with Gasteiger partial charge in [0.05, 0.1) is 22.3 Å². The molecule has 2 aromatic rings. The van der Waals surface area contributed by atoms with E-state index < -0.39 is 0 Å². The Kier molecular flexibility index (Phi) is 4.64. The van der Waals surface area contributed by atoms with Crippen molar-refractivity contribution >= 4 is 23.2 Å². The maximum Gasteiger partial charge on any atom is 0.0762 e. The number of hydrogen-bond donors (Lipinski definition) is 1. The number of hydrogen-bond acceptors (Lipinski definition) is 2. The molecule has 0 amide bonds. The molecule has 1 N–H and O–H groups in total. The number of nitrogens with one attached hydrogen (secondary N) is 1. The van der Waals surface area contributed by atoms with Crippen LogP contribution in [-0.4, -0.2) is 16.3 Å². The summed E-state index contributed by atoms with van der Waals surface area (Å²) in [6.45, 7) is 4.42. The second-order valence-electron chi connectivity index (χ2n) is 4.00. The van der Waals surface area contributed by atoms with Crippen LogP contribution in [0.25, 0.3) is 0 Å². The summed E-state index contributed by atoms with van der Waals surface area (Å²) in [6, 6.07) is 7.64. The Balaban J connectivity index is 2.09. The Hall–Kier alpha value is -1.03. The van der Waals surface area contributed by atoms with Crippen molar-refractivity contribution in [2.24, 2.45) is 0 Å². The second kappa shape index (κ2) is 6.23. The van der Waals surface area contributed by atoms with Crippen LogP contribution in [0.5, 0.6) is 0 Å². The summed E-state index contributed by atoms with van der Waals surface area (Å²) < 4.78 is 1.87. The van der Waals surface area contributed by atoms with Crippen LogP contribution in [0.1, 0.15) is 18.2 Å². The molecule has 0 spiro atoms. The highest BCUT2D eigenvalue weighted by Crippen LogP contribution is 2.25. The molecule has 0 saturated heterocycles. The third kappa shape index (κ3) is 3.25. The molecule has 0 aliphatic carbocycles. The lowest BCUT2D eigenvalue weighted by atomic mass is 10.2. The van der Waals surface area contributed by atoms with Gasteiger partial charge in [0.1, 0.15) is 0 Å². The Morgan fingerprint density at radius 3 is 2.89 bits per heavy atom. The lowest BCUT2D eigenvalue weighted by Gasteiger charge is -2.06. The van der Waals surface area contributed by atoms with Gasteiger partial charge < -0.3 is 5.32 Å². The second-order valence-corrected chi connectivity index (χ2v) is 4.78. The lowest BCUT2D eigenvalue weighted by molar-refractivity contribution is 0.644. The third-order valence-electron chi connectivity index (χ3n) is 2.62. The zero-order valence-electron chi connectivity index (χ0n) is 10.2. The van der Waals surface area contributed by atoms with Gasteiger partial charge in [0.15, 0.2) is 0 Å². The van der Waals surface area contributed by atoms with Crippen molar-refractivity contribution in [2.75, 3.05) is 6.54 Å². The van der Waals surface area contributed by atoms with Crippen molar-refractivity contribution in [2.45, 2.75) is 20.0 Å². The summed E-state index contributed by atoms with van der Waals surface area (Å²) >= 11 is 12.1. The van der Waals surface area contributed by atoms with Crippen LogP contribution >= 0.6 is 23.2 Å². The monoisotopic (exact) mass is 283 g/mol. The van der Waals surface area contributed by atoms with E-state index in [1.54, 1.807) is 6.07 Å². The largest absolute Gasteiger partial charge is 0.311 e. The Bertz CT molecular complexity index is 523. The van der Waals surface area contributed by atoms with E-state index in [-0.39, 0.29) is 0 Å². The van der Waals surface area contributed by atoms with E-state index >= 15 is 0 Å². The molecule has 5 heteroatoms. The van der Waals surface area contributed by atoms with E-state index in [2.05, 4.69) is 17.3 Å². The molecule has 0 fully saturated rings. The molecule has 96 valence electrons. The molecule has 1 heterocycles. The normalized spacial score (nSPS) is 10.8. The number of benzene rings is 1. The lowest BCUT2D eigenvalue weighted by Crippen LogP contribution is -2.12. The maximum absolute atomic E-state index is 6.15. The van der Waals surface area contributed by atoms with Gasteiger partial charge in [0.25, 0.3) is 0 Å². The summed E-state index contributed by atoms with van der Waals surface area (Å²) in [5.74, 6) is 0. The number of nitrogens with zero attached hydrogens (tertiary/aromatic N) is 2. The van der Waals surface area contributed by atoms with Gasteiger partial charge in [0.2, 0.25) is 0 Å². The average Bonchev–Trinajstić information content (AvgIpc) is 2.80. The first-order valence-electron chi connectivity index (χ1n) is 5.86. The molecule has 18 heavy (non-hydrogen) atoms. The average molecular weight is 284 g/mol. The van der Waals surface area contributed by atoms with Crippen molar-refractivity contribution in [3.05, 3.63) is 51.8 Å². The summed E-state index contributed by atoms with van der Waals surface area (Å²) in [6.07, 6.45) is 1.95. The Morgan fingerprint density at radius 1 is 1.28 bits per heavy atom. The van der Waals surface area contributed by atoms with Crippen molar-refractivity contribution in [1.29, 1.82) is 0 Å². The highest BCUT2D eigenvalue weighted by molar-refractivity contribution is 6.42. The summed E-state index contributed by atoms with van der Waals surface area (Å²) in [5.41, 5.74) is 2.00. The fraction of sp³-hybridized carbons (Fsp3) is 0.308. The topological polar surface area (TPSA) is 29.9 Å². The van der Waals surface area contributed by atoms with Crippen LogP contribution in [0.2, 0.25) is 10.0 Å². The molecular formula is C13H15Cl2N3. The summed E-state index contributed by atoms with van der Waals surface area (Å²) in [7, 11) is 0. The fourth-order valence-corrected chi connectivity index (χ4v) is 2.06. The number of rotatable bonds is 5. The van der Waals surface area contributed by atoms with Crippen LogP contribution in [0, 0.1) is 0 Å². The van der Waals surface area contributed by atoms with Crippen molar-refractivity contribution in [1.82, 2.24) is 15.1 Å². The van der Waals surface area contributed by atoms with E-state index in [1.165, 1.54) is 0 Å². The highest BCUT2D eigenvalue weighted by Gasteiger charge is 2.06. The number of aromatic nitrogens is 2. The molecule has 0 bridgehead atoms. The Morgan fingerprint density at radius 2 is 2.11 bits per heavy atom. The minimum Gasteiger partial charge on any atom is -0.311 e. The van der Waals surface area contributed by atoms with E-state index in [0.717, 1.165) is 24.3 Å². The standard InChI is InChI=1S/C13H15Cl2N3/c1-2-16-8-11-6-7-18(17-11)9-10-4-3-5-12(14)13(10)15/h3-7,16H,2,8-9H2,1H3. The van der Waals surface area contributed by atoms with Gasteiger partial charge in [-0.2, -0.15) is 5.10 Å². The van der Waals surface area contributed by atoms with Crippen molar-refractivity contribution < 1.29 is 0 Å². The van der Waals surface area contributed by atoms with E-state index in [9.17, 15) is 0 Å². The Labute approximate surface area is 117 Å². The molecule has 0 unspecified atom stereocenters. The zero-order valence-corrected chi connectivity index (χ0v) is 11.7. The van der Waals surface area contributed by atoms with Gasteiger partial charge in [-0.3, -0.25) is 4.68 Å². The molecular weight excluding hydrogens is 269 g/mol. The van der Waals surface area contributed by atoms with Crippen LogP contribution in [0.15, 0.2) is 30.5 Å². The fourth-order valence-electron chi connectivity index (χ4n) is 1.68. The third-order valence-corrected chi connectivity index (χ3v) is 3.47. The molecule has 1 aromatic heterocycles. The molecule has 0 radical (unpaired) electrons. The van der Waals surface area contributed by atoms with Gasteiger partial charge in [-0.1, -0.05) is 42.3 Å². The van der Waals surface area contributed by atoms with Gasteiger partial charge in [-0.05, 0) is 24.2 Å². The summed E-state index contributed by atoms with van der Waals surface area (Å²) in [5, 5.41) is 8.88. The minimum atomic E-state index is 0.578. The summed E-state index contributed by atoms with van der Waals surface area (Å²) in [4.78, 5) is 0. The van der Waals surface area contributed by atoms with Crippen molar-refractivity contribution in [3.8, 4) is 0 Å². The maximum atomic E-state index is 6.15. The minimum absolute atomic E-state index is 0.578. The van der Waals surface area contributed by atoms with Crippen molar-refractivity contribution in [3.63, 3.8) is 0 Å². The smallest absolute Gasteiger partial charge is 0.0762 e. The molecule has 3 nitrogen and oxygen atoms in total. The predicted molar refractivity (Wildman–Crippen MR) is 75.2 cm³/mol. The molecule has 2 rings (SSSR count). The molecule has 0 atom stereocenters. The van der Waals surface area contributed by atoms with Crippen LogP contribution in [0.3, 0.4) is 0 Å². The zero-order chi connectivity index (χ0) is 13.0. The predicted octanol–water partition coefficient (Wildman–Crippen LogP) is 3.35. The highest BCUT2D eigenvalue weighted by atomic mass is 35.5. The first kappa shape index (κ1) is 13.4. The van der Waals surface area contributed by atoms with Crippen LogP contribution < -0.4 is 5.32 Å². The number of halogens is 2. The van der Waals surface area contributed by atoms with Gasteiger partial charge >= 0.3 is 0 Å². The van der Waals surface area contributed by atoms with Gasteiger partial charge in [-0.15, -0.1) is 0 Å². The van der Waals surface area contributed by atoms with E-state index in [1.807, 2.05) is 29.1 Å². The van der Waals surface area contributed by atoms with E-state index in [4.69, 9.17) is 23.2 Å². The quantitative estimate of drug-likeness (QED) is 0.912.